The van der Waals surface area contributed by atoms with Gasteiger partial charge >= 0.3 is 0 Å². The van der Waals surface area contributed by atoms with Gasteiger partial charge in [0, 0.05) is 23.3 Å². The van der Waals surface area contributed by atoms with Crippen LogP contribution in [0, 0.1) is 30.9 Å². The molecule has 156 valence electrons. The maximum absolute atomic E-state index is 13.0. The second kappa shape index (κ2) is 8.13. The molecule has 8 heteroatoms. The first-order valence-electron chi connectivity index (χ1n) is 9.45. The minimum Gasteiger partial charge on any atom is -0.457 e. The van der Waals surface area contributed by atoms with Crippen LogP contribution in [-0.2, 0) is 4.79 Å². The van der Waals surface area contributed by atoms with Crippen LogP contribution in [0.2, 0.25) is 0 Å². The lowest BCUT2D eigenvalue weighted by Crippen LogP contribution is -2.27. The molecule has 0 radical (unpaired) electrons. The van der Waals surface area contributed by atoms with E-state index in [9.17, 15) is 14.9 Å². The summed E-state index contributed by atoms with van der Waals surface area (Å²) < 4.78 is 6.30. The number of benzene rings is 2. The molecule has 2 heterocycles. The minimum absolute atomic E-state index is 0.0321. The van der Waals surface area contributed by atoms with Crippen molar-refractivity contribution in [1.29, 1.82) is 0 Å². The molecule has 1 aromatic heterocycles. The van der Waals surface area contributed by atoms with Crippen molar-refractivity contribution < 1.29 is 14.1 Å². The summed E-state index contributed by atoms with van der Waals surface area (Å²) in [5.41, 5.74) is 4.17. The summed E-state index contributed by atoms with van der Waals surface area (Å²) in [6, 6.07) is 14.2. The number of carbonyl (C=O) groups excluding carboxylic acids is 1. The molecule has 6 nitrogen and oxygen atoms in total. The highest BCUT2D eigenvalue weighted by Crippen LogP contribution is 2.37. The van der Waals surface area contributed by atoms with Gasteiger partial charge in [-0.25, -0.2) is 0 Å². The van der Waals surface area contributed by atoms with Crippen molar-refractivity contribution in [2.45, 2.75) is 20.8 Å². The molecule has 1 aliphatic rings. The van der Waals surface area contributed by atoms with Crippen LogP contribution >= 0.6 is 24.0 Å². The molecule has 1 fully saturated rings. The number of aryl methyl sites for hydroxylation is 3. The van der Waals surface area contributed by atoms with Crippen LogP contribution in [0.4, 0.5) is 11.4 Å². The van der Waals surface area contributed by atoms with Crippen molar-refractivity contribution in [2.75, 3.05) is 4.90 Å². The van der Waals surface area contributed by atoms with E-state index in [-0.39, 0.29) is 11.6 Å². The molecule has 0 N–H and O–H groups in total. The van der Waals surface area contributed by atoms with Crippen LogP contribution in [0.5, 0.6) is 0 Å². The van der Waals surface area contributed by atoms with Gasteiger partial charge in [-0.2, -0.15) is 0 Å². The summed E-state index contributed by atoms with van der Waals surface area (Å²) in [4.78, 5) is 25.7. The topological polar surface area (TPSA) is 76.6 Å². The summed E-state index contributed by atoms with van der Waals surface area (Å²) in [5, 5.41) is 11.2. The Balaban J connectivity index is 1.62. The van der Waals surface area contributed by atoms with Gasteiger partial charge in [0.25, 0.3) is 11.6 Å². The molecule has 1 amide bonds. The van der Waals surface area contributed by atoms with Crippen molar-refractivity contribution in [1.82, 2.24) is 0 Å². The molecule has 4 rings (SSSR count). The fourth-order valence-corrected chi connectivity index (χ4v) is 4.51. The molecule has 0 bridgehead atoms. The number of anilines is 1. The smallest absolute Gasteiger partial charge is 0.273 e. The molecule has 3 aromatic rings. The van der Waals surface area contributed by atoms with Crippen molar-refractivity contribution >= 4 is 51.7 Å². The molecule has 0 spiro atoms. The van der Waals surface area contributed by atoms with Crippen molar-refractivity contribution in [3.05, 3.63) is 86.0 Å². The second-order valence-electron chi connectivity index (χ2n) is 7.25. The average Bonchev–Trinajstić information content (AvgIpc) is 3.29. The third kappa shape index (κ3) is 4.04. The van der Waals surface area contributed by atoms with Crippen LogP contribution in [0.3, 0.4) is 0 Å². The lowest BCUT2D eigenvalue weighted by molar-refractivity contribution is -0.385. The number of nitro groups is 1. The molecule has 2 aromatic carbocycles. The molecular weight excluding hydrogens is 432 g/mol. The van der Waals surface area contributed by atoms with Gasteiger partial charge in [0.05, 0.1) is 15.5 Å². The fourth-order valence-electron chi connectivity index (χ4n) is 3.23. The van der Waals surface area contributed by atoms with Gasteiger partial charge in [-0.15, -0.1) is 0 Å². The zero-order valence-corrected chi connectivity index (χ0v) is 18.7. The van der Waals surface area contributed by atoms with Crippen molar-refractivity contribution in [3.63, 3.8) is 0 Å². The fraction of sp³-hybridized carbons (Fsp3) is 0.130. The first-order chi connectivity index (χ1) is 14.7. The molecule has 1 saturated heterocycles. The number of furan rings is 1. The van der Waals surface area contributed by atoms with E-state index in [1.165, 1.54) is 22.7 Å². The summed E-state index contributed by atoms with van der Waals surface area (Å²) >= 11 is 6.65. The summed E-state index contributed by atoms with van der Waals surface area (Å²) in [6.45, 7) is 5.69. The quantitative estimate of drug-likeness (QED) is 0.204. The number of rotatable bonds is 4. The third-order valence-corrected chi connectivity index (χ3v) is 6.44. The number of carbonyl (C=O) groups is 1. The normalized spacial score (nSPS) is 15.2. The maximum atomic E-state index is 13.0. The Bertz CT molecular complexity index is 1280. The van der Waals surface area contributed by atoms with E-state index in [0.717, 1.165) is 16.8 Å². The largest absolute Gasteiger partial charge is 0.457 e. The number of thioether (sulfide) groups is 1. The van der Waals surface area contributed by atoms with Gasteiger partial charge in [-0.3, -0.25) is 19.8 Å². The Labute approximate surface area is 188 Å². The van der Waals surface area contributed by atoms with E-state index in [2.05, 4.69) is 0 Å². The highest BCUT2D eigenvalue weighted by Gasteiger charge is 2.33. The Morgan fingerprint density at radius 3 is 2.48 bits per heavy atom. The van der Waals surface area contributed by atoms with Crippen molar-refractivity contribution in [3.8, 4) is 11.3 Å². The number of nitrogens with zero attached hydrogens (tertiary/aromatic N) is 2. The van der Waals surface area contributed by atoms with Gasteiger partial charge in [0.1, 0.15) is 11.5 Å². The average molecular weight is 451 g/mol. The van der Waals surface area contributed by atoms with Crippen molar-refractivity contribution in [2.24, 2.45) is 0 Å². The monoisotopic (exact) mass is 450 g/mol. The highest BCUT2D eigenvalue weighted by molar-refractivity contribution is 8.27. The standard InChI is InChI=1S/C23H18N2O4S2/c1-13-5-7-17(10-15(13)3)24-22(26)21(31-23(24)30)12-18-8-9-20(29-18)16-6-4-14(2)19(11-16)25(27)28/h4-12H,1-3H3. The van der Waals surface area contributed by atoms with Crippen LogP contribution in [0.15, 0.2) is 57.9 Å². The molecule has 0 unspecified atom stereocenters. The second-order valence-corrected chi connectivity index (χ2v) is 8.92. The Hall–Kier alpha value is -3.23. The van der Waals surface area contributed by atoms with Crippen LogP contribution in [0.1, 0.15) is 22.5 Å². The number of hydrogen-bond donors (Lipinski definition) is 0. The number of amides is 1. The molecule has 31 heavy (non-hydrogen) atoms. The van der Waals surface area contributed by atoms with E-state index >= 15 is 0 Å². The first-order valence-corrected chi connectivity index (χ1v) is 10.7. The van der Waals surface area contributed by atoms with Crippen LogP contribution in [-0.4, -0.2) is 15.2 Å². The van der Waals surface area contributed by atoms with Gasteiger partial charge < -0.3 is 4.42 Å². The Kier molecular flexibility index (Phi) is 5.51. The molecule has 0 saturated carbocycles. The highest BCUT2D eigenvalue weighted by atomic mass is 32.2. The molecule has 1 aliphatic heterocycles. The lowest BCUT2D eigenvalue weighted by Gasteiger charge is -2.15. The van der Waals surface area contributed by atoms with E-state index in [0.29, 0.717) is 31.9 Å². The third-order valence-electron chi connectivity index (χ3n) is 5.13. The zero-order valence-electron chi connectivity index (χ0n) is 17.0. The minimum atomic E-state index is -0.416. The predicted octanol–water partition coefficient (Wildman–Crippen LogP) is 6.19. The van der Waals surface area contributed by atoms with E-state index in [4.69, 9.17) is 16.6 Å². The Morgan fingerprint density at radius 2 is 1.77 bits per heavy atom. The van der Waals surface area contributed by atoms with Gasteiger partial charge in [0.15, 0.2) is 4.32 Å². The molecular formula is C23H18N2O4S2. The first kappa shape index (κ1) is 21.0. The lowest BCUT2D eigenvalue weighted by atomic mass is 10.1. The predicted molar refractivity (Wildman–Crippen MR) is 127 cm³/mol. The van der Waals surface area contributed by atoms with Crippen LogP contribution in [0.25, 0.3) is 17.4 Å². The maximum Gasteiger partial charge on any atom is 0.273 e. The van der Waals surface area contributed by atoms with E-state index in [1.54, 1.807) is 37.3 Å². The zero-order chi connectivity index (χ0) is 22.3. The van der Waals surface area contributed by atoms with E-state index in [1.807, 2.05) is 32.0 Å². The summed E-state index contributed by atoms with van der Waals surface area (Å²) in [6.07, 6.45) is 1.65. The molecule has 0 aliphatic carbocycles. The number of nitro benzene ring substituents is 1. The van der Waals surface area contributed by atoms with E-state index < -0.39 is 4.92 Å². The van der Waals surface area contributed by atoms with Gasteiger partial charge in [-0.05, 0) is 56.2 Å². The Morgan fingerprint density at radius 1 is 1.03 bits per heavy atom. The van der Waals surface area contributed by atoms with Crippen LogP contribution < -0.4 is 4.90 Å². The summed E-state index contributed by atoms with van der Waals surface area (Å²) in [5.74, 6) is 0.750. The number of hydrogen-bond acceptors (Lipinski definition) is 6. The van der Waals surface area contributed by atoms with Gasteiger partial charge in [0.2, 0.25) is 0 Å². The van der Waals surface area contributed by atoms with Gasteiger partial charge in [-0.1, -0.05) is 42.2 Å². The summed E-state index contributed by atoms with van der Waals surface area (Å²) in [7, 11) is 0. The SMILES string of the molecule is Cc1ccc(N2C(=O)C(=Cc3ccc(-c4ccc(C)c([N+](=O)[O-])c4)o3)SC2=S)cc1C. The molecule has 0 atom stereocenters. The number of thiocarbonyl (C=S) groups is 1.